The fourth-order valence-electron chi connectivity index (χ4n) is 4.67. The Labute approximate surface area is 181 Å². The van der Waals surface area contributed by atoms with Crippen molar-refractivity contribution in [2.75, 3.05) is 0 Å². The van der Waals surface area contributed by atoms with E-state index < -0.39 is 5.41 Å². The van der Waals surface area contributed by atoms with Gasteiger partial charge in [0.1, 0.15) is 0 Å². The first-order valence-corrected chi connectivity index (χ1v) is 10.6. The van der Waals surface area contributed by atoms with Gasteiger partial charge in [0.05, 0.1) is 5.41 Å². The summed E-state index contributed by atoms with van der Waals surface area (Å²) in [6.07, 6.45) is 15.6. The lowest BCUT2D eigenvalue weighted by Crippen LogP contribution is -2.33. The van der Waals surface area contributed by atoms with Crippen molar-refractivity contribution in [3.63, 3.8) is 0 Å². The molecular formula is C28H30S. The molecule has 3 atom stereocenters. The first-order chi connectivity index (χ1) is 13.9. The fraction of sp³-hybridized carbons (Fsp3) is 0.214. The zero-order valence-electron chi connectivity index (χ0n) is 17.5. The third kappa shape index (κ3) is 3.49. The summed E-state index contributed by atoms with van der Waals surface area (Å²) < 4.78 is 0. The van der Waals surface area contributed by atoms with Crippen LogP contribution in [-0.2, 0) is 5.41 Å². The summed E-state index contributed by atoms with van der Waals surface area (Å²) in [5.41, 5.74) is 6.51. The van der Waals surface area contributed by atoms with Gasteiger partial charge in [0.15, 0.2) is 0 Å². The Balaban J connectivity index is 2.40. The Bertz CT molecular complexity index is 995. The van der Waals surface area contributed by atoms with E-state index in [-0.39, 0.29) is 11.8 Å². The van der Waals surface area contributed by atoms with Crippen molar-refractivity contribution in [2.45, 2.75) is 25.7 Å². The molecule has 0 aromatic heterocycles. The standard InChI is InChI=1S/C28H30S/c1-7-11-20(4)22(6)28(23-15-16-24(29)18-19(3)17-23)26(12-8-2)21(5)25-13-9-10-14-27(25)28/h7-10,12-20,29H,1-2,5-6,11H2,3-4H3/b26-12+. The Morgan fingerprint density at radius 2 is 1.93 bits per heavy atom. The van der Waals surface area contributed by atoms with E-state index in [0.29, 0.717) is 0 Å². The molecule has 29 heavy (non-hydrogen) atoms. The minimum atomic E-state index is -0.471. The average molecular weight is 399 g/mol. The van der Waals surface area contributed by atoms with E-state index >= 15 is 0 Å². The Morgan fingerprint density at radius 1 is 1.21 bits per heavy atom. The summed E-state index contributed by atoms with van der Waals surface area (Å²) in [7, 11) is 0. The molecule has 0 bridgehead atoms. The summed E-state index contributed by atoms with van der Waals surface area (Å²) in [5.74, 6) is 0.522. The Hall–Kier alpha value is -2.51. The van der Waals surface area contributed by atoms with Crippen molar-refractivity contribution in [2.24, 2.45) is 11.8 Å². The first-order valence-electron chi connectivity index (χ1n) is 10.1. The second-order valence-electron chi connectivity index (χ2n) is 7.95. The van der Waals surface area contributed by atoms with Crippen LogP contribution in [0.15, 0.2) is 115 Å². The lowest BCUT2D eigenvalue weighted by Gasteiger charge is -2.39. The van der Waals surface area contributed by atoms with Gasteiger partial charge in [0.25, 0.3) is 0 Å². The molecule has 0 heterocycles. The zero-order chi connectivity index (χ0) is 21.2. The van der Waals surface area contributed by atoms with Gasteiger partial charge in [-0.15, -0.1) is 19.2 Å². The number of hydrogen-bond acceptors (Lipinski definition) is 1. The third-order valence-corrected chi connectivity index (χ3v) is 6.31. The summed E-state index contributed by atoms with van der Waals surface area (Å²) in [5, 5.41) is 0. The Kier molecular flexibility index (Phi) is 6.19. The second-order valence-corrected chi connectivity index (χ2v) is 8.46. The molecule has 0 nitrogen and oxygen atoms in total. The smallest absolute Gasteiger partial charge is 0.0670 e. The van der Waals surface area contributed by atoms with E-state index in [1.54, 1.807) is 0 Å². The molecule has 0 saturated heterocycles. The van der Waals surface area contributed by atoms with Gasteiger partial charge < -0.3 is 0 Å². The van der Waals surface area contributed by atoms with Crippen molar-refractivity contribution in [3.8, 4) is 0 Å². The zero-order valence-corrected chi connectivity index (χ0v) is 18.4. The highest BCUT2D eigenvalue weighted by Crippen LogP contribution is 2.59. The van der Waals surface area contributed by atoms with Crippen LogP contribution >= 0.6 is 12.6 Å². The molecule has 0 saturated carbocycles. The molecule has 1 aromatic carbocycles. The minimum Gasteiger partial charge on any atom is -0.144 e. The predicted molar refractivity (Wildman–Crippen MR) is 132 cm³/mol. The van der Waals surface area contributed by atoms with Crippen molar-refractivity contribution in [1.29, 1.82) is 0 Å². The lowest BCUT2D eigenvalue weighted by molar-refractivity contribution is 0.582. The number of rotatable bonds is 6. The SMILES string of the molecule is C=C/C=C1\C(=C)c2ccccc2C1(C(=C)C(C)CC=C)C1=CC(C)C=C(S)C=C1. The van der Waals surface area contributed by atoms with E-state index in [2.05, 4.69) is 107 Å². The number of fused-ring (bicyclic) bond motifs is 1. The molecule has 2 aliphatic rings. The van der Waals surface area contributed by atoms with Crippen molar-refractivity contribution < 1.29 is 0 Å². The monoisotopic (exact) mass is 398 g/mol. The number of thiol groups is 1. The van der Waals surface area contributed by atoms with Crippen LogP contribution in [0.5, 0.6) is 0 Å². The van der Waals surface area contributed by atoms with Crippen LogP contribution in [0.3, 0.4) is 0 Å². The van der Waals surface area contributed by atoms with Crippen molar-refractivity contribution in [1.82, 2.24) is 0 Å². The Morgan fingerprint density at radius 3 is 2.62 bits per heavy atom. The van der Waals surface area contributed by atoms with E-state index in [4.69, 9.17) is 0 Å². The molecule has 0 radical (unpaired) electrons. The van der Waals surface area contributed by atoms with Crippen LogP contribution in [-0.4, -0.2) is 0 Å². The summed E-state index contributed by atoms with van der Waals surface area (Å²) in [6.45, 7) is 21.5. The van der Waals surface area contributed by atoms with Gasteiger partial charge in [-0.1, -0.05) is 99.9 Å². The fourth-order valence-corrected chi connectivity index (χ4v) is 4.98. The van der Waals surface area contributed by atoms with E-state index in [1.165, 1.54) is 16.7 Å². The normalized spacial score (nSPS) is 25.7. The van der Waals surface area contributed by atoms with Gasteiger partial charge in [-0.3, -0.25) is 0 Å². The van der Waals surface area contributed by atoms with Crippen LogP contribution in [0.2, 0.25) is 0 Å². The molecule has 0 fully saturated rings. The summed E-state index contributed by atoms with van der Waals surface area (Å²) >= 11 is 4.62. The van der Waals surface area contributed by atoms with Crippen LogP contribution in [0, 0.1) is 11.8 Å². The van der Waals surface area contributed by atoms with Crippen LogP contribution in [0.4, 0.5) is 0 Å². The molecule has 0 aliphatic heterocycles. The highest BCUT2D eigenvalue weighted by atomic mass is 32.1. The van der Waals surface area contributed by atoms with Crippen LogP contribution < -0.4 is 0 Å². The molecule has 3 rings (SSSR count). The van der Waals surface area contributed by atoms with Crippen molar-refractivity contribution in [3.05, 3.63) is 126 Å². The topological polar surface area (TPSA) is 0 Å². The van der Waals surface area contributed by atoms with Gasteiger partial charge in [0.2, 0.25) is 0 Å². The molecule has 1 heteroatoms. The van der Waals surface area contributed by atoms with E-state index in [1.807, 2.05) is 12.2 Å². The molecular weight excluding hydrogens is 368 g/mol. The number of hydrogen-bond donors (Lipinski definition) is 1. The van der Waals surface area contributed by atoms with E-state index in [0.717, 1.165) is 28.0 Å². The van der Waals surface area contributed by atoms with Crippen molar-refractivity contribution >= 4 is 18.2 Å². The van der Waals surface area contributed by atoms with E-state index in [9.17, 15) is 0 Å². The predicted octanol–water partition coefficient (Wildman–Crippen LogP) is 7.78. The minimum absolute atomic E-state index is 0.260. The average Bonchev–Trinajstić information content (AvgIpc) is 2.81. The maximum absolute atomic E-state index is 4.67. The van der Waals surface area contributed by atoms with Crippen LogP contribution in [0.1, 0.15) is 31.4 Å². The molecule has 148 valence electrons. The second kappa shape index (κ2) is 8.47. The summed E-state index contributed by atoms with van der Waals surface area (Å²) in [6, 6.07) is 8.56. The highest BCUT2D eigenvalue weighted by Gasteiger charge is 2.49. The first kappa shape index (κ1) is 21.2. The molecule has 2 aliphatic carbocycles. The largest absolute Gasteiger partial charge is 0.144 e. The molecule has 1 aromatic rings. The third-order valence-electron chi connectivity index (χ3n) is 6.01. The quantitative estimate of drug-likeness (QED) is 0.367. The highest BCUT2D eigenvalue weighted by molar-refractivity contribution is 7.84. The number of allylic oxidation sites excluding steroid dienone is 11. The number of benzene rings is 1. The molecule has 3 unspecified atom stereocenters. The van der Waals surface area contributed by atoms with Gasteiger partial charge >= 0.3 is 0 Å². The van der Waals surface area contributed by atoms with Gasteiger partial charge in [-0.05, 0) is 52.2 Å². The molecule has 0 spiro atoms. The summed E-state index contributed by atoms with van der Waals surface area (Å²) in [4.78, 5) is 0.975. The molecule has 0 amide bonds. The van der Waals surface area contributed by atoms with Gasteiger partial charge in [-0.25, -0.2) is 0 Å². The lowest BCUT2D eigenvalue weighted by atomic mass is 9.63. The molecule has 0 N–H and O–H groups in total. The maximum Gasteiger partial charge on any atom is 0.0670 e. The van der Waals surface area contributed by atoms with Gasteiger partial charge in [0, 0.05) is 4.91 Å². The van der Waals surface area contributed by atoms with Gasteiger partial charge in [-0.2, -0.15) is 0 Å². The van der Waals surface area contributed by atoms with Crippen LogP contribution in [0.25, 0.3) is 5.57 Å². The maximum atomic E-state index is 4.67.